The van der Waals surface area contributed by atoms with Gasteiger partial charge in [0.15, 0.2) is 0 Å². The molecular formula is C5H3F3N4O3. The average molecular weight is 224 g/mol. The molecule has 1 unspecified atom stereocenters. The van der Waals surface area contributed by atoms with E-state index in [0.29, 0.717) is 6.34 Å². The van der Waals surface area contributed by atoms with Gasteiger partial charge < -0.3 is 10.5 Å². The smallest absolute Gasteiger partial charge is 0.400 e. The largest absolute Gasteiger partial charge is 0.491 e. The van der Waals surface area contributed by atoms with Crippen LogP contribution in [0.5, 0.6) is 0 Å². The topological polar surface area (TPSA) is 106 Å². The predicted octanol–water partition coefficient (Wildman–Crippen LogP) is -0.275. The number of carbonyl (C=O) groups is 2. The summed E-state index contributed by atoms with van der Waals surface area (Å²) in [7, 11) is 0. The van der Waals surface area contributed by atoms with Gasteiger partial charge in [-0.1, -0.05) is 0 Å². The number of azo groups is 1. The van der Waals surface area contributed by atoms with Crippen molar-refractivity contribution in [1.82, 2.24) is 0 Å². The first-order valence-electron chi connectivity index (χ1n) is 3.34. The lowest BCUT2D eigenvalue weighted by Gasteiger charge is -2.17. The Kier molecular flexibility index (Phi) is 2.43. The molecule has 0 bridgehead atoms. The van der Waals surface area contributed by atoms with Crippen LogP contribution in [0.15, 0.2) is 15.2 Å². The van der Waals surface area contributed by atoms with Crippen molar-refractivity contribution in [2.45, 2.75) is 12.0 Å². The van der Waals surface area contributed by atoms with Crippen LogP contribution in [0, 0.1) is 0 Å². The van der Waals surface area contributed by atoms with Crippen molar-refractivity contribution in [3.63, 3.8) is 0 Å². The Labute approximate surface area is 79.8 Å². The Bertz CT molecular complexity index is 349. The maximum absolute atomic E-state index is 11.8. The normalized spacial score (nSPS) is 24.2. The van der Waals surface area contributed by atoms with Crippen molar-refractivity contribution in [2.24, 2.45) is 21.0 Å². The SMILES string of the molecule is NC(=O)C1(OC(=O)C(F)(F)F)N=CN=N1. The van der Waals surface area contributed by atoms with Crippen molar-refractivity contribution in [2.75, 3.05) is 0 Å². The molecule has 10 heteroatoms. The number of nitrogens with two attached hydrogens (primary N) is 1. The molecule has 0 saturated heterocycles. The van der Waals surface area contributed by atoms with Crippen LogP contribution in [0.4, 0.5) is 13.2 Å². The fraction of sp³-hybridized carbons (Fsp3) is 0.400. The van der Waals surface area contributed by atoms with Crippen LogP contribution in [0.2, 0.25) is 0 Å². The summed E-state index contributed by atoms with van der Waals surface area (Å²) in [6.45, 7) is 0. The summed E-state index contributed by atoms with van der Waals surface area (Å²) < 4.78 is 39.1. The molecule has 7 nitrogen and oxygen atoms in total. The second-order valence-electron chi connectivity index (χ2n) is 2.32. The van der Waals surface area contributed by atoms with Gasteiger partial charge in [0.2, 0.25) is 0 Å². The summed E-state index contributed by atoms with van der Waals surface area (Å²) in [6.07, 6.45) is -4.62. The minimum atomic E-state index is -5.27. The first kappa shape index (κ1) is 11.1. The molecule has 0 radical (unpaired) electrons. The quantitative estimate of drug-likeness (QED) is 0.652. The van der Waals surface area contributed by atoms with Crippen LogP contribution in [-0.4, -0.2) is 30.2 Å². The summed E-state index contributed by atoms with van der Waals surface area (Å²) in [5.74, 6) is -6.83. The van der Waals surface area contributed by atoms with Crippen LogP contribution in [-0.2, 0) is 14.3 Å². The van der Waals surface area contributed by atoms with E-state index < -0.39 is 23.9 Å². The molecule has 0 aromatic heterocycles. The predicted molar refractivity (Wildman–Crippen MR) is 37.4 cm³/mol. The van der Waals surface area contributed by atoms with Crippen LogP contribution >= 0.6 is 0 Å². The summed E-state index contributed by atoms with van der Waals surface area (Å²) in [6, 6.07) is 0. The monoisotopic (exact) mass is 224 g/mol. The minimum absolute atomic E-state index is 0.647. The lowest BCUT2D eigenvalue weighted by atomic mass is 10.4. The Morgan fingerprint density at radius 2 is 2.00 bits per heavy atom. The first-order valence-corrected chi connectivity index (χ1v) is 3.34. The summed E-state index contributed by atoms with van der Waals surface area (Å²) in [4.78, 5) is 24.1. The third-order valence-electron chi connectivity index (χ3n) is 1.27. The molecule has 0 fully saturated rings. The zero-order valence-corrected chi connectivity index (χ0v) is 6.85. The number of rotatable bonds is 2. The molecule has 1 amide bonds. The van der Waals surface area contributed by atoms with E-state index in [1.54, 1.807) is 0 Å². The third-order valence-corrected chi connectivity index (χ3v) is 1.27. The van der Waals surface area contributed by atoms with Gasteiger partial charge in [0.1, 0.15) is 6.34 Å². The molecule has 15 heavy (non-hydrogen) atoms. The van der Waals surface area contributed by atoms with Crippen molar-refractivity contribution < 1.29 is 27.5 Å². The Hall–Kier alpha value is -2.00. The molecule has 2 N–H and O–H groups in total. The number of halogens is 3. The van der Waals surface area contributed by atoms with Crippen molar-refractivity contribution in [3.05, 3.63) is 0 Å². The van der Waals surface area contributed by atoms with Crippen molar-refractivity contribution in [1.29, 1.82) is 0 Å². The second-order valence-corrected chi connectivity index (χ2v) is 2.32. The van der Waals surface area contributed by atoms with E-state index in [2.05, 4.69) is 25.7 Å². The molecule has 1 aliphatic rings. The molecule has 0 saturated carbocycles. The van der Waals surface area contributed by atoms with Crippen LogP contribution in [0.3, 0.4) is 0 Å². The fourth-order valence-electron chi connectivity index (χ4n) is 0.631. The molecule has 1 atom stereocenters. The highest BCUT2D eigenvalue weighted by molar-refractivity contribution is 5.89. The molecule has 82 valence electrons. The fourth-order valence-corrected chi connectivity index (χ4v) is 0.631. The molecule has 1 heterocycles. The second kappa shape index (κ2) is 3.29. The molecule has 0 spiro atoms. The zero-order valence-electron chi connectivity index (χ0n) is 6.85. The molecule has 0 aromatic carbocycles. The van der Waals surface area contributed by atoms with Gasteiger partial charge >= 0.3 is 23.9 Å². The molecule has 0 aliphatic carbocycles. The number of ether oxygens (including phenoxy) is 1. The van der Waals surface area contributed by atoms with Crippen molar-refractivity contribution in [3.8, 4) is 0 Å². The van der Waals surface area contributed by atoms with Gasteiger partial charge in [0.25, 0.3) is 0 Å². The maximum Gasteiger partial charge on any atom is 0.491 e. The van der Waals surface area contributed by atoms with Crippen LogP contribution in [0.1, 0.15) is 0 Å². The number of primary amides is 1. The summed E-state index contributed by atoms with van der Waals surface area (Å²) >= 11 is 0. The van der Waals surface area contributed by atoms with E-state index in [0.717, 1.165) is 0 Å². The highest BCUT2D eigenvalue weighted by Crippen LogP contribution is 2.25. The van der Waals surface area contributed by atoms with E-state index >= 15 is 0 Å². The lowest BCUT2D eigenvalue weighted by Crippen LogP contribution is -2.46. The summed E-state index contributed by atoms with van der Waals surface area (Å²) in [5, 5.41) is 5.89. The standard InChI is InChI=1S/C5H3F3N4O3/c6-4(7,8)3(14)15-5(2(9)13)10-1-11-12-5/h1H,(H2,9,13). The van der Waals surface area contributed by atoms with E-state index in [1.807, 2.05) is 0 Å². The highest BCUT2D eigenvalue weighted by Gasteiger charge is 2.51. The number of amides is 1. The van der Waals surface area contributed by atoms with E-state index in [1.165, 1.54) is 0 Å². The van der Waals surface area contributed by atoms with Crippen molar-refractivity contribution >= 4 is 18.2 Å². The molecule has 1 aliphatic heterocycles. The minimum Gasteiger partial charge on any atom is -0.400 e. The number of esters is 1. The molecular weight excluding hydrogens is 221 g/mol. The molecule has 0 aromatic rings. The van der Waals surface area contributed by atoms with E-state index in [4.69, 9.17) is 0 Å². The Morgan fingerprint density at radius 1 is 1.40 bits per heavy atom. The Balaban J connectivity index is 2.88. The first-order chi connectivity index (χ1) is 6.78. The number of hydrogen-bond donors (Lipinski definition) is 1. The highest BCUT2D eigenvalue weighted by atomic mass is 19.4. The van der Waals surface area contributed by atoms with Gasteiger partial charge in [-0.2, -0.15) is 18.2 Å². The van der Waals surface area contributed by atoms with Crippen LogP contribution in [0.25, 0.3) is 0 Å². The number of hydrogen-bond acceptors (Lipinski definition) is 6. The number of aliphatic imine (C=N–C) groups is 1. The number of alkyl halides is 3. The van der Waals surface area contributed by atoms with Gasteiger partial charge in [-0.15, -0.1) is 10.2 Å². The van der Waals surface area contributed by atoms with Gasteiger partial charge in [0.05, 0.1) is 0 Å². The van der Waals surface area contributed by atoms with Crippen LogP contribution < -0.4 is 5.73 Å². The lowest BCUT2D eigenvalue weighted by molar-refractivity contribution is -0.212. The Morgan fingerprint density at radius 3 is 2.33 bits per heavy atom. The zero-order chi connectivity index (χ0) is 11.7. The van der Waals surface area contributed by atoms with Gasteiger partial charge in [-0.05, 0) is 0 Å². The van der Waals surface area contributed by atoms with E-state index in [9.17, 15) is 22.8 Å². The van der Waals surface area contributed by atoms with Gasteiger partial charge in [-0.25, -0.2) is 4.79 Å². The number of nitrogens with zero attached hydrogens (tertiary/aromatic N) is 3. The average Bonchev–Trinajstić information content (AvgIpc) is 2.52. The third kappa shape index (κ3) is 2.08. The molecule has 1 rings (SSSR count). The summed E-state index contributed by atoms with van der Waals surface area (Å²) in [5.41, 5.74) is 4.67. The van der Waals surface area contributed by atoms with E-state index in [-0.39, 0.29) is 0 Å². The maximum atomic E-state index is 11.8. The number of carbonyl (C=O) groups excluding carboxylic acids is 2. The van der Waals surface area contributed by atoms with Gasteiger partial charge in [0, 0.05) is 0 Å². The van der Waals surface area contributed by atoms with Gasteiger partial charge in [-0.3, -0.25) is 4.79 Å².